The molecule has 1 aromatic rings. The highest BCUT2D eigenvalue weighted by Gasteiger charge is 2.16. The monoisotopic (exact) mass is 242 g/mol. The highest BCUT2D eigenvalue weighted by atomic mass is 35.5. The van der Waals surface area contributed by atoms with Gasteiger partial charge in [-0.25, -0.2) is 9.97 Å². The van der Waals surface area contributed by atoms with Gasteiger partial charge in [-0.2, -0.15) is 0 Å². The van der Waals surface area contributed by atoms with Gasteiger partial charge in [0, 0.05) is 30.8 Å². The molecule has 16 heavy (non-hydrogen) atoms. The van der Waals surface area contributed by atoms with Crippen molar-refractivity contribution < 1.29 is 0 Å². The number of nitrogens with one attached hydrogen (secondary N) is 1. The summed E-state index contributed by atoms with van der Waals surface area (Å²) in [5.74, 6) is 1.43. The van der Waals surface area contributed by atoms with Gasteiger partial charge in [0.1, 0.15) is 5.82 Å². The molecule has 1 aliphatic rings. The van der Waals surface area contributed by atoms with E-state index in [4.69, 9.17) is 5.73 Å². The standard InChI is InChI=1S/C11H18N4.ClH/c12-5-3-11-14-7-4-10(15-11)9-2-1-6-13-8-9;/h4,7,9,13H,1-3,5-6,8,12H2;1H. The first-order chi connectivity index (χ1) is 7.40. The molecule has 1 saturated heterocycles. The van der Waals surface area contributed by atoms with Crippen molar-refractivity contribution in [3.8, 4) is 0 Å². The van der Waals surface area contributed by atoms with Crippen molar-refractivity contribution in [3.05, 3.63) is 23.8 Å². The van der Waals surface area contributed by atoms with Gasteiger partial charge in [-0.05, 0) is 32.0 Å². The van der Waals surface area contributed by atoms with Gasteiger partial charge in [0.2, 0.25) is 0 Å². The van der Waals surface area contributed by atoms with Crippen LogP contribution in [0.1, 0.15) is 30.3 Å². The molecule has 3 N–H and O–H groups in total. The second kappa shape index (κ2) is 6.78. The lowest BCUT2D eigenvalue weighted by Gasteiger charge is -2.22. The summed E-state index contributed by atoms with van der Waals surface area (Å²) in [5, 5.41) is 3.40. The van der Waals surface area contributed by atoms with Crippen molar-refractivity contribution in [1.82, 2.24) is 15.3 Å². The number of hydrogen-bond acceptors (Lipinski definition) is 4. The summed E-state index contributed by atoms with van der Waals surface area (Å²) in [5.41, 5.74) is 6.66. The fraction of sp³-hybridized carbons (Fsp3) is 0.636. The number of halogens is 1. The number of nitrogens with zero attached hydrogens (tertiary/aromatic N) is 2. The molecule has 1 fully saturated rings. The Morgan fingerprint density at radius 1 is 1.50 bits per heavy atom. The van der Waals surface area contributed by atoms with Crippen LogP contribution in [0, 0.1) is 0 Å². The van der Waals surface area contributed by atoms with Crippen LogP contribution in [0.4, 0.5) is 0 Å². The van der Waals surface area contributed by atoms with Crippen LogP contribution in [0.5, 0.6) is 0 Å². The maximum atomic E-state index is 5.50. The van der Waals surface area contributed by atoms with E-state index in [1.54, 1.807) is 0 Å². The largest absolute Gasteiger partial charge is 0.330 e. The Balaban J connectivity index is 0.00000128. The topological polar surface area (TPSA) is 63.8 Å². The third kappa shape index (κ3) is 3.40. The van der Waals surface area contributed by atoms with Crippen LogP contribution < -0.4 is 11.1 Å². The lowest BCUT2D eigenvalue weighted by molar-refractivity contribution is 0.453. The number of aromatic nitrogens is 2. The van der Waals surface area contributed by atoms with E-state index in [-0.39, 0.29) is 12.4 Å². The number of piperidine rings is 1. The Morgan fingerprint density at radius 2 is 2.38 bits per heavy atom. The van der Waals surface area contributed by atoms with Crippen LogP contribution >= 0.6 is 12.4 Å². The smallest absolute Gasteiger partial charge is 0.129 e. The summed E-state index contributed by atoms with van der Waals surface area (Å²) < 4.78 is 0. The van der Waals surface area contributed by atoms with E-state index in [2.05, 4.69) is 15.3 Å². The first kappa shape index (κ1) is 13.4. The van der Waals surface area contributed by atoms with E-state index in [0.717, 1.165) is 25.3 Å². The van der Waals surface area contributed by atoms with Crippen molar-refractivity contribution in [3.63, 3.8) is 0 Å². The minimum absolute atomic E-state index is 0. The molecule has 0 radical (unpaired) electrons. The quantitative estimate of drug-likeness (QED) is 0.826. The molecule has 2 rings (SSSR count). The maximum absolute atomic E-state index is 5.50. The van der Waals surface area contributed by atoms with Gasteiger partial charge < -0.3 is 11.1 Å². The van der Waals surface area contributed by atoms with Gasteiger partial charge in [0.15, 0.2) is 0 Å². The lowest BCUT2D eigenvalue weighted by Crippen LogP contribution is -2.29. The van der Waals surface area contributed by atoms with Crippen LogP contribution in [0.2, 0.25) is 0 Å². The zero-order chi connectivity index (χ0) is 10.5. The maximum Gasteiger partial charge on any atom is 0.129 e. The third-order valence-electron chi connectivity index (χ3n) is 2.81. The molecule has 4 nitrogen and oxygen atoms in total. The number of rotatable bonds is 3. The molecule has 1 unspecified atom stereocenters. The minimum Gasteiger partial charge on any atom is -0.330 e. The Morgan fingerprint density at radius 3 is 3.06 bits per heavy atom. The fourth-order valence-electron chi connectivity index (χ4n) is 2.00. The number of hydrogen-bond donors (Lipinski definition) is 2. The highest BCUT2D eigenvalue weighted by molar-refractivity contribution is 5.85. The predicted molar refractivity (Wildman–Crippen MR) is 66.9 cm³/mol. The van der Waals surface area contributed by atoms with Gasteiger partial charge in [-0.15, -0.1) is 12.4 Å². The molecule has 0 spiro atoms. The summed E-state index contributed by atoms with van der Waals surface area (Å²) in [6, 6.07) is 2.03. The Bertz CT molecular complexity index is 313. The van der Waals surface area contributed by atoms with Gasteiger partial charge >= 0.3 is 0 Å². The third-order valence-corrected chi connectivity index (χ3v) is 2.81. The van der Waals surface area contributed by atoms with Crippen LogP contribution in [-0.4, -0.2) is 29.6 Å². The van der Waals surface area contributed by atoms with E-state index >= 15 is 0 Å². The molecule has 2 heterocycles. The highest BCUT2D eigenvalue weighted by Crippen LogP contribution is 2.20. The normalized spacial score (nSPS) is 20.2. The summed E-state index contributed by atoms with van der Waals surface area (Å²) in [7, 11) is 0. The minimum atomic E-state index is 0. The van der Waals surface area contributed by atoms with E-state index in [1.165, 1.54) is 18.5 Å². The zero-order valence-corrected chi connectivity index (χ0v) is 10.2. The Labute approximate surface area is 102 Å². The van der Waals surface area contributed by atoms with Gasteiger partial charge in [0.25, 0.3) is 0 Å². The van der Waals surface area contributed by atoms with E-state index in [0.29, 0.717) is 12.5 Å². The van der Waals surface area contributed by atoms with Crippen LogP contribution in [0.15, 0.2) is 12.3 Å². The molecule has 5 heteroatoms. The fourth-order valence-corrected chi connectivity index (χ4v) is 2.00. The zero-order valence-electron chi connectivity index (χ0n) is 9.35. The van der Waals surface area contributed by atoms with Crippen LogP contribution in [0.3, 0.4) is 0 Å². The molecule has 1 atom stereocenters. The Kier molecular flexibility index (Phi) is 5.66. The van der Waals surface area contributed by atoms with Crippen molar-refractivity contribution >= 4 is 12.4 Å². The molecule has 90 valence electrons. The number of nitrogens with two attached hydrogens (primary N) is 1. The lowest BCUT2D eigenvalue weighted by atomic mass is 9.96. The average molecular weight is 243 g/mol. The second-order valence-electron chi connectivity index (χ2n) is 3.98. The van der Waals surface area contributed by atoms with Crippen molar-refractivity contribution in [2.45, 2.75) is 25.2 Å². The van der Waals surface area contributed by atoms with E-state index in [1.807, 2.05) is 12.3 Å². The summed E-state index contributed by atoms with van der Waals surface area (Å²) >= 11 is 0. The molecule has 0 saturated carbocycles. The molecule has 1 aliphatic heterocycles. The molecule has 1 aromatic heterocycles. The Hall–Kier alpha value is -0.710. The van der Waals surface area contributed by atoms with E-state index < -0.39 is 0 Å². The van der Waals surface area contributed by atoms with Crippen LogP contribution in [0.25, 0.3) is 0 Å². The average Bonchev–Trinajstić information content (AvgIpc) is 2.31. The van der Waals surface area contributed by atoms with Gasteiger partial charge in [-0.3, -0.25) is 0 Å². The van der Waals surface area contributed by atoms with Crippen LogP contribution in [-0.2, 0) is 6.42 Å². The summed E-state index contributed by atoms with van der Waals surface area (Å²) in [4.78, 5) is 8.77. The van der Waals surface area contributed by atoms with Crippen molar-refractivity contribution in [2.75, 3.05) is 19.6 Å². The van der Waals surface area contributed by atoms with Gasteiger partial charge in [-0.1, -0.05) is 0 Å². The summed E-state index contributed by atoms with van der Waals surface area (Å²) in [6.45, 7) is 2.79. The molecular weight excluding hydrogens is 224 g/mol. The van der Waals surface area contributed by atoms with Gasteiger partial charge in [0.05, 0.1) is 0 Å². The SMILES string of the molecule is Cl.NCCc1nccc(C2CCCNC2)n1. The van der Waals surface area contributed by atoms with Crippen molar-refractivity contribution in [1.29, 1.82) is 0 Å². The summed E-state index contributed by atoms with van der Waals surface area (Å²) in [6.07, 6.45) is 5.09. The molecule has 0 aliphatic carbocycles. The molecule has 0 bridgehead atoms. The second-order valence-corrected chi connectivity index (χ2v) is 3.98. The first-order valence-corrected chi connectivity index (χ1v) is 5.63. The van der Waals surface area contributed by atoms with Crippen molar-refractivity contribution in [2.24, 2.45) is 5.73 Å². The molecular formula is C11H19ClN4. The van der Waals surface area contributed by atoms with E-state index in [9.17, 15) is 0 Å². The molecule has 0 amide bonds. The molecule has 0 aromatic carbocycles. The predicted octanol–water partition coefficient (Wildman–Crippen LogP) is 0.867. The first-order valence-electron chi connectivity index (χ1n) is 5.63.